The van der Waals surface area contributed by atoms with Gasteiger partial charge in [0, 0.05) is 6.04 Å². The second kappa shape index (κ2) is 6.53. The van der Waals surface area contributed by atoms with E-state index >= 15 is 0 Å². The first-order valence-electron chi connectivity index (χ1n) is 6.87. The molecule has 0 aliphatic heterocycles. The van der Waals surface area contributed by atoms with E-state index in [1.54, 1.807) is 6.07 Å². The fourth-order valence-corrected chi connectivity index (χ4v) is 2.83. The van der Waals surface area contributed by atoms with Crippen molar-refractivity contribution in [1.29, 1.82) is 0 Å². The molecule has 1 aliphatic rings. The summed E-state index contributed by atoms with van der Waals surface area (Å²) in [6.07, 6.45) is 6.06. The molecule has 1 aromatic carbocycles. The molecule has 0 saturated heterocycles. The zero-order valence-electron chi connectivity index (χ0n) is 10.9. The van der Waals surface area contributed by atoms with Crippen molar-refractivity contribution in [3.63, 3.8) is 0 Å². The Morgan fingerprint density at radius 3 is 2.83 bits per heavy atom. The number of hydrogen-bond donors (Lipinski definition) is 1. The molecule has 0 heterocycles. The fraction of sp³-hybridized carbons (Fsp3) is 0.600. The summed E-state index contributed by atoms with van der Waals surface area (Å²) in [7, 11) is 0. The summed E-state index contributed by atoms with van der Waals surface area (Å²) in [6.45, 7) is 3.06. The van der Waals surface area contributed by atoms with Gasteiger partial charge >= 0.3 is 0 Å². The largest absolute Gasteiger partial charge is 0.314 e. The molecule has 0 amide bonds. The van der Waals surface area contributed by atoms with E-state index in [2.05, 4.69) is 12.2 Å². The van der Waals surface area contributed by atoms with Gasteiger partial charge in [0.1, 0.15) is 5.82 Å². The first-order chi connectivity index (χ1) is 8.70. The summed E-state index contributed by atoms with van der Waals surface area (Å²) in [5, 5.41) is 3.78. The van der Waals surface area contributed by atoms with Crippen LogP contribution in [0.4, 0.5) is 4.39 Å². The summed E-state index contributed by atoms with van der Waals surface area (Å²) in [4.78, 5) is 0. The van der Waals surface area contributed by atoms with Gasteiger partial charge in [0.15, 0.2) is 0 Å². The molecule has 1 unspecified atom stereocenters. The lowest BCUT2D eigenvalue weighted by Crippen LogP contribution is -2.34. The number of benzene rings is 1. The zero-order valence-corrected chi connectivity index (χ0v) is 11.6. The third kappa shape index (κ3) is 3.46. The van der Waals surface area contributed by atoms with Crippen LogP contribution in [0.15, 0.2) is 18.2 Å². The van der Waals surface area contributed by atoms with E-state index < -0.39 is 0 Å². The highest BCUT2D eigenvalue weighted by Gasteiger charge is 2.22. The lowest BCUT2D eigenvalue weighted by molar-refractivity contribution is 0.260. The predicted octanol–water partition coefficient (Wildman–Crippen LogP) is 4.19. The van der Waals surface area contributed by atoms with Crippen LogP contribution in [0.2, 0.25) is 5.02 Å². The quantitative estimate of drug-likeness (QED) is 0.817. The number of likely N-dealkylation sites (N-methyl/N-ethyl adjacent to an activating group) is 1. The number of hydrogen-bond acceptors (Lipinski definition) is 1. The van der Waals surface area contributed by atoms with Gasteiger partial charge in [0.05, 0.1) is 5.02 Å². The first-order valence-corrected chi connectivity index (χ1v) is 7.24. The van der Waals surface area contributed by atoms with Gasteiger partial charge in [-0.3, -0.25) is 0 Å². The zero-order chi connectivity index (χ0) is 13.0. The summed E-state index contributed by atoms with van der Waals surface area (Å²) in [5.74, 6) is 0.537. The van der Waals surface area contributed by atoms with Crippen LogP contribution < -0.4 is 5.32 Å². The van der Waals surface area contributed by atoms with Gasteiger partial charge in [-0.25, -0.2) is 4.39 Å². The number of nitrogens with one attached hydrogen (secondary N) is 1. The van der Waals surface area contributed by atoms with Crippen molar-refractivity contribution in [1.82, 2.24) is 5.32 Å². The van der Waals surface area contributed by atoms with Crippen LogP contribution in [0.1, 0.15) is 38.2 Å². The van der Waals surface area contributed by atoms with Crippen molar-refractivity contribution in [3.8, 4) is 0 Å². The Morgan fingerprint density at radius 1 is 1.44 bits per heavy atom. The molecule has 100 valence electrons. The molecule has 1 atom stereocenters. The minimum absolute atomic E-state index is 0.286. The Kier molecular flexibility index (Phi) is 5.02. The van der Waals surface area contributed by atoms with Crippen LogP contribution in [0.3, 0.4) is 0 Å². The normalized spacial score (nSPS) is 17.5. The van der Waals surface area contributed by atoms with Gasteiger partial charge in [-0.2, -0.15) is 0 Å². The van der Waals surface area contributed by atoms with Crippen LogP contribution >= 0.6 is 11.6 Å². The second-order valence-corrected chi connectivity index (χ2v) is 5.58. The minimum atomic E-state index is -0.312. The Labute approximate surface area is 114 Å². The molecule has 1 nitrogen and oxygen atoms in total. The van der Waals surface area contributed by atoms with E-state index in [-0.39, 0.29) is 10.8 Å². The van der Waals surface area contributed by atoms with E-state index in [0.717, 1.165) is 24.4 Å². The molecule has 1 saturated carbocycles. The van der Waals surface area contributed by atoms with Crippen molar-refractivity contribution >= 4 is 11.6 Å². The van der Waals surface area contributed by atoms with Gasteiger partial charge < -0.3 is 5.32 Å². The number of halogens is 2. The molecule has 0 spiro atoms. The Balaban J connectivity index is 2.00. The molecule has 0 aromatic heterocycles. The third-order valence-corrected chi connectivity index (χ3v) is 4.26. The SMILES string of the molecule is CCNC(Cc1cccc(F)c1Cl)CC1CCC1. The predicted molar refractivity (Wildman–Crippen MR) is 74.5 cm³/mol. The lowest BCUT2D eigenvalue weighted by Gasteiger charge is -2.30. The van der Waals surface area contributed by atoms with Gasteiger partial charge in [0.25, 0.3) is 0 Å². The monoisotopic (exact) mass is 269 g/mol. The van der Waals surface area contributed by atoms with E-state index in [0.29, 0.717) is 6.04 Å². The lowest BCUT2D eigenvalue weighted by atomic mass is 9.80. The topological polar surface area (TPSA) is 12.0 Å². The molecule has 2 rings (SSSR count). The highest BCUT2D eigenvalue weighted by molar-refractivity contribution is 6.31. The maximum absolute atomic E-state index is 13.4. The standard InChI is InChI=1S/C15H21ClFN/c1-2-18-13(9-11-5-3-6-11)10-12-7-4-8-14(17)15(12)16/h4,7-8,11,13,18H,2-3,5-6,9-10H2,1H3. The van der Waals surface area contributed by atoms with Crippen LogP contribution in [0.25, 0.3) is 0 Å². The van der Waals surface area contributed by atoms with E-state index in [1.165, 1.54) is 31.7 Å². The van der Waals surface area contributed by atoms with E-state index in [4.69, 9.17) is 11.6 Å². The highest BCUT2D eigenvalue weighted by atomic mass is 35.5. The summed E-state index contributed by atoms with van der Waals surface area (Å²) >= 11 is 6.02. The molecular formula is C15H21ClFN. The Bertz CT molecular complexity index is 390. The van der Waals surface area contributed by atoms with Crippen molar-refractivity contribution in [2.24, 2.45) is 5.92 Å². The van der Waals surface area contributed by atoms with E-state index in [9.17, 15) is 4.39 Å². The summed E-state index contributed by atoms with van der Waals surface area (Å²) in [6, 6.07) is 5.50. The first kappa shape index (κ1) is 13.8. The van der Waals surface area contributed by atoms with E-state index in [1.807, 2.05) is 6.07 Å². The molecule has 1 N–H and O–H groups in total. The molecule has 1 aliphatic carbocycles. The Morgan fingerprint density at radius 2 is 2.22 bits per heavy atom. The molecule has 1 aromatic rings. The van der Waals surface area contributed by atoms with Gasteiger partial charge in [-0.15, -0.1) is 0 Å². The molecule has 0 bridgehead atoms. The van der Waals surface area contributed by atoms with Crippen molar-refractivity contribution < 1.29 is 4.39 Å². The van der Waals surface area contributed by atoms with Crippen LogP contribution in [-0.4, -0.2) is 12.6 Å². The summed E-state index contributed by atoms with van der Waals surface area (Å²) in [5.41, 5.74) is 0.918. The molecule has 0 radical (unpaired) electrons. The van der Waals surface area contributed by atoms with Gasteiger partial charge in [-0.1, -0.05) is 49.9 Å². The van der Waals surface area contributed by atoms with Crippen LogP contribution in [0, 0.1) is 11.7 Å². The molecule has 1 fully saturated rings. The number of rotatable bonds is 6. The second-order valence-electron chi connectivity index (χ2n) is 5.20. The minimum Gasteiger partial charge on any atom is -0.314 e. The van der Waals surface area contributed by atoms with Crippen molar-refractivity contribution in [2.45, 2.75) is 45.1 Å². The smallest absolute Gasteiger partial charge is 0.142 e. The molecule has 3 heteroatoms. The third-order valence-electron chi connectivity index (χ3n) is 3.83. The maximum atomic E-state index is 13.4. The Hall–Kier alpha value is -0.600. The maximum Gasteiger partial charge on any atom is 0.142 e. The average molecular weight is 270 g/mol. The van der Waals surface area contributed by atoms with Gasteiger partial charge in [-0.05, 0) is 36.9 Å². The van der Waals surface area contributed by atoms with Gasteiger partial charge in [0.2, 0.25) is 0 Å². The average Bonchev–Trinajstić information content (AvgIpc) is 2.30. The van der Waals surface area contributed by atoms with Crippen LogP contribution in [0.5, 0.6) is 0 Å². The van der Waals surface area contributed by atoms with Crippen LogP contribution in [-0.2, 0) is 6.42 Å². The molecule has 18 heavy (non-hydrogen) atoms. The highest BCUT2D eigenvalue weighted by Crippen LogP contribution is 2.31. The van der Waals surface area contributed by atoms with Crippen molar-refractivity contribution in [2.75, 3.05) is 6.54 Å². The fourth-order valence-electron chi connectivity index (χ4n) is 2.63. The summed E-state index contributed by atoms with van der Waals surface area (Å²) < 4.78 is 13.4. The van der Waals surface area contributed by atoms with Crippen molar-refractivity contribution in [3.05, 3.63) is 34.6 Å². The molecular weight excluding hydrogens is 249 g/mol.